The molecular formula is C33H38BrN7O7. The summed E-state index contributed by atoms with van der Waals surface area (Å²) in [5.41, 5.74) is 6.92. The van der Waals surface area contributed by atoms with Crippen LogP contribution in [0.25, 0.3) is 0 Å². The van der Waals surface area contributed by atoms with E-state index >= 15 is 0 Å². The molecular weight excluding hydrogens is 686 g/mol. The van der Waals surface area contributed by atoms with Crippen molar-refractivity contribution < 1.29 is 34.2 Å². The minimum atomic E-state index is -1.25. The maximum absolute atomic E-state index is 13.3. The van der Waals surface area contributed by atoms with Gasteiger partial charge in [-0.05, 0) is 70.2 Å². The molecule has 0 radical (unpaired) electrons. The van der Waals surface area contributed by atoms with E-state index in [2.05, 4.69) is 37.8 Å². The van der Waals surface area contributed by atoms with Crippen molar-refractivity contribution in [3.05, 3.63) is 70.0 Å². The molecule has 254 valence electrons. The predicted octanol–water partition coefficient (Wildman–Crippen LogP) is 2.75. The Morgan fingerprint density at radius 1 is 1.08 bits per heavy atom. The molecule has 48 heavy (non-hydrogen) atoms. The van der Waals surface area contributed by atoms with Crippen LogP contribution in [0.15, 0.2) is 63.9 Å². The van der Waals surface area contributed by atoms with Gasteiger partial charge in [0.15, 0.2) is 6.10 Å². The number of benzene rings is 2. The third-order valence-corrected chi connectivity index (χ3v) is 9.27. The van der Waals surface area contributed by atoms with Gasteiger partial charge in [-0.15, -0.1) is 0 Å². The van der Waals surface area contributed by atoms with Crippen molar-refractivity contribution in [2.75, 3.05) is 57.7 Å². The van der Waals surface area contributed by atoms with E-state index in [4.69, 9.17) is 9.94 Å². The van der Waals surface area contributed by atoms with Gasteiger partial charge in [-0.3, -0.25) is 19.7 Å². The summed E-state index contributed by atoms with van der Waals surface area (Å²) < 4.78 is 6.15. The molecule has 0 aliphatic carbocycles. The van der Waals surface area contributed by atoms with Gasteiger partial charge >= 0.3 is 12.1 Å². The SMILES string of the molecule is O=C(CN1CCN(C=C=C=NC(=O)[C@@H](Cc2ccc(O)c(Br)c2)OC(=O)N2CCC(N3CCc4ccccc4NC3=O)CC2)CC1)NO. The van der Waals surface area contributed by atoms with Crippen molar-refractivity contribution in [3.8, 4) is 5.75 Å². The van der Waals surface area contributed by atoms with Crippen LogP contribution < -0.4 is 10.8 Å². The molecule has 2 aromatic rings. The first kappa shape index (κ1) is 34.7. The number of piperidine rings is 1. The van der Waals surface area contributed by atoms with Gasteiger partial charge in [0.25, 0.3) is 11.8 Å². The molecule has 2 saturated heterocycles. The number of aromatic hydroxyl groups is 1. The lowest BCUT2D eigenvalue weighted by molar-refractivity contribution is -0.130. The lowest BCUT2D eigenvalue weighted by Gasteiger charge is -2.37. The minimum Gasteiger partial charge on any atom is -0.507 e. The third kappa shape index (κ3) is 9.24. The quantitative estimate of drug-likeness (QED) is 0.139. The summed E-state index contributed by atoms with van der Waals surface area (Å²) in [5.74, 6) is 1.34. The Kier molecular flexibility index (Phi) is 11.9. The topological polar surface area (TPSA) is 167 Å². The van der Waals surface area contributed by atoms with Crippen molar-refractivity contribution in [1.82, 2.24) is 25.1 Å². The zero-order valence-corrected chi connectivity index (χ0v) is 27.9. The molecule has 0 spiro atoms. The molecule has 3 heterocycles. The molecule has 0 saturated carbocycles. The number of carbonyl (C=O) groups is 4. The fourth-order valence-corrected chi connectivity index (χ4v) is 6.36. The normalized spacial score (nSPS) is 17.5. The number of anilines is 1. The first-order chi connectivity index (χ1) is 23.2. The van der Waals surface area contributed by atoms with E-state index in [0.29, 0.717) is 68.7 Å². The van der Waals surface area contributed by atoms with Gasteiger partial charge in [0.2, 0.25) is 0 Å². The van der Waals surface area contributed by atoms with Gasteiger partial charge in [-0.2, -0.15) is 4.99 Å². The number of fused-ring (bicyclic) bond motifs is 1. The fourth-order valence-electron chi connectivity index (χ4n) is 5.93. The zero-order valence-electron chi connectivity index (χ0n) is 26.3. The monoisotopic (exact) mass is 723 g/mol. The number of phenolic OH excluding ortho intramolecular Hbond substituents is 1. The maximum atomic E-state index is 13.3. The van der Waals surface area contributed by atoms with Crippen LogP contribution in [0.4, 0.5) is 15.3 Å². The smallest absolute Gasteiger partial charge is 0.410 e. The average molecular weight is 725 g/mol. The van der Waals surface area contributed by atoms with Gasteiger partial charge in [-0.25, -0.2) is 15.1 Å². The largest absolute Gasteiger partial charge is 0.507 e. The average Bonchev–Trinajstić information content (AvgIpc) is 3.26. The van der Waals surface area contributed by atoms with Gasteiger partial charge < -0.3 is 29.9 Å². The Balaban J connectivity index is 1.19. The summed E-state index contributed by atoms with van der Waals surface area (Å²) >= 11 is 3.28. The number of nitrogens with zero attached hydrogens (tertiary/aromatic N) is 5. The Hall–Kier alpha value is -4.65. The molecule has 15 heteroatoms. The van der Waals surface area contributed by atoms with Gasteiger partial charge in [0.05, 0.1) is 17.2 Å². The molecule has 2 fully saturated rings. The number of nitrogens with one attached hydrogen (secondary N) is 2. The lowest BCUT2D eigenvalue weighted by Crippen LogP contribution is -2.50. The van der Waals surface area contributed by atoms with Crippen LogP contribution in [-0.4, -0.2) is 124 Å². The maximum Gasteiger partial charge on any atom is 0.410 e. The van der Waals surface area contributed by atoms with Crippen molar-refractivity contribution in [2.45, 2.75) is 37.8 Å². The van der Waals surface area contributed by atoms with Gasteiger partial charge in [-0.1, -0.05) is 24.3 Å². The predicted molar refractivity (Wildman–Crippen MR) is 179 cm³/mol. The number of hydrogen-bond donors (Lipinski definition) is 4. The number of halogens is 1. The van der Waals surface area contributed by atoms with Crippen LogP contribution in [0.5, 0.6) is 5.75 Å². The number of likely N-dealkylation sites (tertiary alicyclic amines) is 1. The number of carbonyl (C=O) groups excluding carboxylic acids is 4. The van der Waals surface area contributed by atoms with E-state index in [1.165, 1.54) is 11.0 Å². The van der Waals surface area contributed by atoms with E-state index in [9.17, 15) is 24.3 Å². The first-order valence-corrected chi connectivity index (χ1v) is 16.6. The fraction of sp³-hybridized carbons (Fsp3) is 0.424. The molecule has 14 nitrogen and oxygen atoms in total. The second kappa shape index (κ2) is 16.4. The highest BCUT2D eigenvalue weighted by atomic mass is 79.9. The summed E-state index contributed by atoms with van der Waals surface area (Å²) in [6, 6.07) is 12.3. The Morgan fingerprint density at radius 2 is 1.83 bits per heavy atom. The molecule has 5 amide bonds. The van der Waals surface area contributed by atoms with Crippen LogP contribution in [-0.2, 0) is 27.2 Å². The van der Waals surface area contributed by atoms with E-state index in [0.717, 1.165) is 17.7 Å². The molecule has 3 aliphatic rings. The molecule has 0 bridgehead atoms. The van der Waals surface area contributed by atoms with Crippen LogP contribution in [0.1, 0.15) is 24.0 Å². The Morgan fingerprint density at radius 3 is 2.56 bits per heavy atom. The second-order valence-corrected chi connectivity index (χ2v) is 12.6. The van der Waals surface area contributed by atoms with Crippen molar-refractivity contribution in [2.24, 2.45) is 4.99 Å². The number of para-hydroxylation sites is 1. The van der Waals surface area contributed by atoms with Crippen LogP contribution in [0.2, 0.25) is 0 Å². The minimum absolute atomic E-state index is 0.0205. The third-order valence-electron chi connectivity index (χ3n) is 8.63. The highest BCUT2D eigenvalue weighted by Gasteiger charge is 2.33. The molecule has 2 aromatic carbocycles. The molecule has 5 rings (SSSR count). The molecule has 4 N–H and O–H groups in total. The van der Waals surface area contributed by atoms with Crippen LogP contribution in [0, 0.1) is 0 Å². The molecule has 1 atom stereocenters. The molecule has 0 unspecified atom stereocenters. The first-order valence-electron chi connectivity index (χ1n) is 15.8. The zero-order chi connectivity index (χ0) is 34.0. The van der Waals surface area contributed by atoms with Gasteiger partial charge in [0.1, 0.15) is 5.75 Å². The number of urea groups is 1. The Bertz CT molecular complexity index is 1610. The van der Waals surface area contributed by atoms with Crippen molar-refractivity contribution >= 4 is 51.4 Å². The number of aliphatic imine (C=N–C) groups is 1. The highest BCUT2D eigenvalue weighted by Crippen LogP contribution is 2.27. The number of amides is 5. The molecule has 3 aliphatic heterocycles. The summed E-state index contributed by atoms with van der Waals surface area (Å²) in [4.78, 5) is 61.9. The summed E-state index contributed by atoms with van der Waals surface area (Å²) in [7, 11) is 0. The summed E-state index contributed by atoms with van der Waals surface area (Å²) in [5, 5.41) is 21.6. The number of ether oxygens (including phenoxy) is 1. The summed E-state index contributed by atoms with van der Waals surface area (Å²) in [6.45, 7) is 3.79. The highest BCUT2D eigenvalue weighted by molar-refractivity contribution is 9.10. The standard InChI is InChI=1S/C33H38BrN7O7/c34-26-20-23(6-7-28(26)42)21-29(31(44)35-11-3-12-38-16-18-39(19-17-38)22-30(43)37-47)48-33(46)40-13-9-25(10-14-40)41-15-8-24-4-1-2-5-27(24)36-32(41)45/h1-2,4-7,12,20,25,29,42,47H,8-10,13-19,21-22H2,(H,36,45)(H,37,43)/t29-/m1/s1. The van der Waals surface area contributed by atoms with E-state index in [-0.39, 0.29) is 30.8 Å². The van der Waals surface area contributed by atoms with Crippen molar-refractivity contribution in [1.29, 1.82) is 0 Å². The number of rotatable bonds is 8. The number of hydroxylamine groups is 1. The van der Waals surface area contributed by atoms with E-state index < -0.39 is 24.0 Å². The van der Waals surface area contributed by atoms with E-state index in [1.54, 1.807) is 23.8 Å². The number of piperazine rings is 1. The van der Waals surface area contributed by atoms with Crippen LogP contribution >= 0.6 is 15.9 Å². The Labute approximate surface area is 286 Å². The lowest BCUT2D eigenvalue weighted by atomic mass is 10.0. The van der Waals surface area contributed by atoms with Crippen molar-refractivity contribution in [3.63, 3.8) is 0 Å². The van der Waals surface area contributed by atoms with Gasteiger partial charge in [0, 0.05) is 69.8 Å². The van der Waals surface area contributed by atoms with E-state index in [1.807, 2.05) is 39.0 Å². The second-order valence-electron chi connectivity index (χ2n) is 11.8. The summed E-state index contributed by atoms with van der Waals surface area (Å²) in [6.07, 6.45) is 1.60. The number of hydrogen-bond acceptors (Lipinski definition) is 9. The molecule has 0 aromatic heterocycles. The number of phenols is 1. The van der Waals surface area contributed by atoms with Crippen LogP contribution in [0.3, 0.4) is 0 Å².